The molecule has 0 spiro atoms. The number of amides is 2. The fraction of sp³-hybridized carbons (Fsp3) is 0.700. The van der Waals surface area contributed by atoms with Gasteiger partial charge in [0.25, 0.3) is 0 Å². The zero-order valence-electron chi connectivity index (χ0n) is 9.63. The number of nitrogens with one attached hydrogen (secondary N) is 1. The van der Waals surface area contributed by atoms with Crippen molar-refractivity contribution in [2.45, 2.75) is 32.7 Å². The highest BCUT2D eigenvalue weighted by molar-refractivity contribution is 6.35. The maximum absolute atomic E-state index is 11.6. The van der Waals surface area contributed by atoms with Gasteiger partial charge >= 0.3 is 11.8 Å². The molecule has 0 aliphatic heterocycles. The van der Waals surface area contributed by atoms with E-state index in [-0.39, 0.29) is 12.1 Å². The van der Waals surface area contributed by atoms with Crippen molar-refractivity contribution in [3.8, 4) is 6.07 Å². The minimum absolute atomic E-state index is 0.148. The minimum atomic E-state index is -0.736. The van der Waals surface area contributed by atoms with Gasteiger partial charge in [0, 0.05) is 12.6 Å². The number of nitriles is 1. The Labute approximate surface area is 90.0 Å². The number of carbonyl (C=O) groups excluding carboxylic acids is 2. The lowest BCUT2D eigenvalue weighted by atomic mass is 10.00. The van der Waals surface area contributed by atoms with Crippen LogP contribution in [0.3, 0.4) is 0 Å². The Morgan fingerprint density at radius 3 is 2.40 bits per heavy atom. The van der Waals surface area contributed by atoms with E-state index in [0.717, 1.165) is 6.42 Å². The molecule has 0 aliphatic carbocycles. The molecule has 0 fully saturated rings. The molecule has 2 amide bonds. The predicted octanol–water partition coefficient (Wildman–Crippen LogP) is 0.273. The van der Waals surface area contributed by atoms with Gasteiger partial charge in [-0.05, 0) is 20.3 Å². The molecule has 0 aromatic rings. The van der Waals surface area contributed by atoms with Crippen molar-refractivity contribution >= 4 is 11.8 Å². The van der Waals surface area contributed by atoms with Gasteiger partial charge in [-0.15, -0.1) is 0 Å². The standard InChI is InChI=1S/C10H17N3O2/c1-5-10(2,3)13(4)9(15)8(14)12-7-6-11/h5,7H2,1-4H3,(H,12,14). The lowest BCUT2D eigenvalue weighted by Gasteiger charge is -2.34. The SMILES string of the molecule is CCC(C)(C)N(C)C(=O)C(=O)NCC#N. The molecule has 0 heterocycles. The highest BCUT2D eigenvalue weighted by atomic mass is 16.2. The second-order valence-corrected chi connectivity index (χ2v) is 3.87. The van der Waals surface area contributed by atoms with E-state index in [9.17, 15) is 9.59 Å². The van der Waals surface area contributed by atoms with Crippen LogP contribution in [0.2, 0.25) is 0 Å². The topological polar surface area (TPSA) is 73.2 Å². The van der Waals surface area contributed by atoms with Crippen LogP contribution >= 0.6 is 0 Å². The highest BCUT2D eigenvalue weighted by Crippen LogP contribution is 2.16. The maximum atomic E-state index is 11.6. The Morgan fingerprint density at radius 2 is 2.00 bits per heavy atom. The first-order chi connectivity index (χ1) is 6.86. The zero-order chi connectivity index (χ0) is 12.1. The summed E-state index contributed by atoms with van der Waals surface area (Å²) in [6.45, 7) is 5.55. The van der Waals surface area contributed by atoms with Crippen molar-refractivity contribution in [3.05, 3.63) is 0 Å². The summed E-state index contributed by atoms with van der Waals surface area (Å²) in [5.41, 5.74) is -0.360. The lowest BCUT2D eigenvalue weighted by molar-refractivity contribution is -0.148. The number of likely N-dealkylation sites (N-methyl/N-ethyl adjacent to an activating group) is 1. The summed E-state index contributed by atoms with van der Waals surface area (Å²) in [7, 11) is 1.58. The molecule has 5 heteroatoms. The summed E-state index contributed by atoms with van der Waals surface area (Å²) >= 11 is 0. The molecule has 84 valence electrons. The van der Waals surface area contributed by atoms with Gasteiger partial charge in [-0.3, -0.25) is 9.59 Å². The summed E-state index contributed by atoms with van der Waals surface area (Å²) in [6.07, 6.45) is 0.751. The van der Waals surface area contributed by atoms with E-state index in [1.54, 1.807) is 13.1 Å². The molecular formula is C10H17N3O2. The van der Waals surface area contributed by atoms with E-state index in [0.29, 0.717) is 0 Å². The van der Waals surface area contributed by atoms with Crippen LogP contribution in [-0.2, 0) is 9.59 Å². The molecule has 15 heavy (non-hydrogen) atoms. The monoisotopic (exact) mass is 211 g/mol. The first-order valence-electron chi connectivity index (χ1n) is 4.79. The van der Waals surface area contributed by atoms with Crippen LogP contribution < -0.4 is 5.32 Å². The Bertz CT molecular complexity index is 292. The van der Waals surface area contributed by atoms with E-state index < -0.39 is 11.8 Å². The van der Waals surface area contributed by atoms with E-state index >= 15 is 0 Å². The largest absolute Gasteiger partial charge is 0.335 e. The van der Waals surface area contributed by atoms with E-state index in [2.05, 4.69) is 5.32 Å². The molecule has 0 atom stereocenters. The molecule has 0 saturated carbocycles. The van der Waals surface area contributed by atoms with Gasteiger partial charge in [-0.25, -0.2) is 0 Å². The molecule has 5 nitrogen and oxygen atoms in total. The van der Waals surface area contributed by atoms with Crippen LogP contribution in [-0.4, -0.2) is 35.8 Å². The molecule has 0 aromatic heterocycles. The van der Waals surface area contributed by atoms with Crippen molar-refractivity contribution < 1.29 is 9.59 Å². The van der Waals surface area contributed by atoms with Crippen molar-refractivity contribution in [2.75, 3.05) is 13.6 Å². The van der Waals surface area contributed by atoms with E-state index in [1.165, 1.54) is 4.90 Å². The fourth-order valence-corrected chi connectivity index (χ4v) is 0.860. The van der Waals surface area contributed by atoms with Gasteiger partial charge in [-0.1, -0.05) is 6.92 Å². The number of hydrogen-bond acceptors (Lipinski definition) is 3. The second-order valence-electron chi connectivity index (χ2n) is 3.87. The average molecular weight is 211 g/mol. The molecule has 0 unspecified atom stereocenters. The van der Waals surface area contributed by atoms with Crippen molar-refractivity contribution in [2.24, 2.45) is 0 Å². The lowest BCUT2D eigenvalue weighted by Crippen LogP contribution is -2.50. The quantitative estimate of drug-likeness (QED) is 0.538. The summed E-state index contributed by atoms with van der Waals surface area (Å²) < 4.78 is 0. The summed E-state index contributed by atoms with van der Waals surface area (Å²) in [4.78, 5) is 24.2. The zero-order valence-corrected chi connectivity index (χ0v) is 9.63. The third-order valence-electron chi connectivity index (χ3n) is 2.60. The average Bonchev–Trinajstić information content (AvgIpc) is 2.23. The Balaban J connectivity index is 4.46. The number of nitrogens with zero attached hydrogens (tertiary/aromatic N) is 2. The summed E-state index contributed by atoms with van der Waals surface area (Å²) in [6, 6.07) is 1.74. The fourth-order valence-electron chi connectivity index (χ4n) is 0.860. The molecule has 0 aromatic carbocycles. The molecule has 0 radical (unpaired) electrons. The number of carbonyl (C=O) groups is 2. The van der Waals surface area contributed by atoms with Gasteiger partial charge < -0.3 is 10.2 Å². The van der Waals surface area contributed by atoms with Crippen molar-refractivity contribution in [1.82, 2.24) is 10.2 Å². The second kappa shape index (κ2) is 5.35. The molecule has 0 aliphatic rings. The van der Waals surface area contributed by atoms with E-state index in [4.69, 9.17) is 5.26 Å². The van der Waals surface area contributed by atoms with Crippen LogP contribution in [0, 0.1) is 11.3 Å². The van der Waals surface area contributed by atoms with Gasteiger partial charge in [0.15, 0.2) is 0 Å². The van der Waals surface area contributed by atoms with Crippen molar-refractivity contribution in [1.29, 1.82) is 5.26 Å². The van der Waals surface area contributed by atoms with Crippen LogP contribution in [0.15, 0.2) is 0 Å². The van der Waals surface area contributed by atoms with Crippen LogP contribution in [0.4, 0.5) is 0 Å². The molecule has 0 rings (SSSR count). The van der Waals surface area contributed by atoms with Crippen LogP contribution in [0.5, 0.6) is 0 Å². The molecular weight excluding hydrogens is 194 g/mol. The highest BCUT2D eigenvalue weighted by Gasteiger charge is 2.29. The van der Waals surface area contributed by atoms with Crippen LogP contribution in [0.1, 0.15) is 27.2 Å². The normalized spacial score (nSPS) is 10.3. The van der Waals surface area contributed by atoms with Gasteiger partial charge in [0.1, 0.15) is 6.54 Å². The third kappa shape index (κ3) is 3.58. The molecule has 0 saturated heterocycles. The molecule has 1 N–H and O–H groups in total. The van der Waals surface area contributed by atoms with Gasteiger partial charge in [0.2, 0.25) is 0 Å². The number of hydrogen-bond donors (Lipinski definition) is 1. The van der Waals surface area contributed by atoms with Crippen molar-refractivity contribution in [3.63, 3.8) is 0 Å². The summed E-state index contributed by atoms with van der Waals surface area (Å²) in [5.74, 6) is -1.35. The van der Waals surface area contributed by atoms with Gasteiger partial charge in [0.05, 0.1) is 6.07 Å². The smallest absolute Gasteiger partial charge is 0.312 e. The first-order valence-corrected chi connectivity index (χ1v) is 4.79. The minimum Gasteiger partial charge on any atom is -0.335 e. The number of rotatable bonds is 3. The Kier molecular flexibility index (Phi) is 4.79. The maximum Gasteiger partial charge on any atom is 0.312 e. The Hall–Kier alpha value is -1.57. The van der Waals surface area contributed by atoms with E-state index in [1.807, 2.05) is 20.8 Å². The third-order valence-corrected chi connectivity index (χ3v) is 2.60. The Morgan fingerprint density at radius 1 is 1.47 bits per heavy atom. The predicted molar refractivity (Wildman–Crippen MR) is 55.8 cm³/mol. The first kappa shape index (κ1) is 13.4. The van der Waals surface area contributed by atoms with Gasteiger partial charge in [-0.2, -0.15) is 5.26 Å². The molecule has 0 bridgehead atoms. The summed E-state index contributed by atoms with van der Waals surface area (Å²) in [5, 5.41) is 10.5. The van der Waals surface area contributed by atoms with Crippen LogP contribution in [0.25, 0.3) is 0 Å².